The fourth-order valence-corrected chi connectivity index (χ4v) is 2.19. The lowest BCUT2D eigenvalue weighted by Gasteiger charge is -2.28. The molecule has 1 heterocycles. The van der Waals surface area contributed by atoms with Crippen LogP contribution < -0.4 is 10.1 Å². The van der Waals surface area contributed by atoms with Crippen molar-refractivity contribution >= 4 is 0 Å². The van der Waals surface area contributed by atoms with Crippen molar-refractivity contribution in [2.45, 2.75) is 46.1 Å². The molecule has 1 N–H and O–H groups in total. The summed E-state index contributed by atoms with van der Waals surface area (Å²) < 4.78 is 18.8. The van der Waals surface area contributed by atoms with E-state index in [1.54, 1.807) is 13.3 Å². The molecule has 0 radical (unpaired) electrons. The van der Waals surface area contributed by atoms with Crippen molar-refractivity contribution in [3.05, 3.63) is 11.9 Å². The van der Waals surface area contributed by atoms with E-state index in [4.69, 9.17) is 14.2 Å². The molecule has 20 heavy (non-hydrogen) atoms. The Hall–Kier alpha value is -1.11. The molecular weight excluding hydrogens is 258 g/mol. The zero-order valence-electron chi connectivity index (χ0n) is 13.3. The first kappa shape index (κ1) is 16.9. The Balaban J connectivity index is 3.17. The third-order valence-corrected chi connectivity index (χ3v) is 3.05. The highest BCUT2D eigenvalue weighted by atomic mass is 16.7. The van der Waals surface area contributed by atoms with Crippen LogP contribution in [-0.2, 0) is 9.47 Å². The monoisotopic (exact) mass is 285 g/mol. The van der Waals surface area contributed by atoms with Gasteiger partial charge in [-0.25, -0.2) is 0 Å². The van der Waals surface area contributed by atoms with Crippen molar-refractivity contribution in [3.63, 3.8) is 0 Å². The van der Waals surface area contributed by atoms with Crippen LogP contribution in [-0.4, -0.2) is 43.4 Å². The molecule has 0 fully saturated rings. The van der Waals surface area contributed by atoms with Gasteiger partial charge in [0.25, 0.3) is 0 Å². The molecule has 0 bridgehead atoms. The SMILES string of the molecule is CCOC(OCC)C(NC)c1c(OC)cnn1C(C)C. The molecule has 0 aliphatic heterocycles. The van der Waals surface area contributed by atoms with E-state index >= 15 is 0 Å². The van der Waals surface area contributed by atoms with Crippen LogP contribution in [0.5, 0.6) is 5.75 Å². The van der Waals surface area contributed by atoms with Gasteiger partial charge in [-0.2, -0.15) is 5.10 Å². The van der Waals surface area contributed by atoms with Crippen LogP contribution in [0.4, 0.5) is 0 Å². The van der Waals surface area contributed by atoms with Crippen molar-refractivity contribution in [2.75, 3.05) is 27.4 Å². The van der Waals surface area contributed by atoms with E-state index in [2.05, 4.69) is 24.3 Å². The summed E-state index contributed by atoms with van der Waals surface area (Å²) in [5, 5.41) is 7.65. The van der Waals surface area contributed by atoms with Crippen molar-refractivity contribution < 1.29 is 14.2 Å². The number of methoxy groups -OCH3 is 1. The molecule has 6 nitrogen and oxygen atoms in total. The van der Waals surface area contributed by atoms with Gasteiger partial charge in [-0.3, -0.25) is 4.68 Å². The summed E-state index contributed by atoms with van der Waals surface area (Å²) in [4.78, 5) is 0. The topological polar surface area (TPSA) is 57.5 Å². The first-order chi connectivity index (χ1) is 9.60. The van der Waals surface area contributed by atoms with Crippen LogP contribution in [0.2, 0.25) is 0 Å². The molecule has 0 aliphatic rings. The molecule has 1 atom stereocenters. The van der Waals surface area contributed by atoms with Crippen LogP contribution in [0.25, 0.3) is 0 Å². The van der Waals surface area contributed by atoms with Crippen LogP contribution in [0.3, 0.4) is 0 Å². The normalized spacial score (nSPS) is 13.2. The second-order valence-electron chi connectivity index (χ2n) is 4.68. The second-order valence-corrected chi connectivity index (χ2v) is 4.68. The molecular formula is C14H27N3O3. The van der Waals surface area contributed by atoms with E-state index in [0.29, 0.717) is 13.2 Å². The Bertz CT molecular complexity index is 387. The third kappa shape index (κ3) is 3.71. The molecule has 6 heteroatoms. The number of hydrogen-bond acceptors (Lipinski definition) is 5. The maximum atomic E-state index is 5.71. The Labute approximate surface area is 121 Å². The standard InChI is InChI=1S/C14H27N3O3/c1-7-19-14(20-8-2)12(15-5)13-11(18-6)9-16-17(13)10(3)4/h9-10,12,14-15H,7-8H2,1-6H3. The van der Waals surface area contributed by atoms with Crippen LogP contribution >= 0.6 is 0 Å². The first-order valence-electron chi connectivity index (χ1n) is 7.12. The Kier molecular flexibility index (Phi) is 6.98. The number of rotatable bonds is 9. The van der Waals surface area contributed by atoms with Crippen molar-refractivity contribution in [2.24, 2.45) is 0 Å². The van der Waals surface area contributed by atoms with Gasteiger partial charge >= 0.3 is 0 Å². The number of likely N-dealkylation sites (N-methyl/N-ethyl adjacent to an activating group) is 1. The minimum Gasteiger partial charge on any atom is -0.493 e. The summed E-state index contributed by atoms with van der Waals surface area (Å²) in [6, 6.07) is 0.0865. The molecule has 0 amide bonds. The molecule has 1 aromatic heterocycles. The fourth-order valence-electron chi connectivity index (χ4n) is 2.19. The Morgan fingerprint density at radius 1 is 1.25 bits per heavy atom. The van der Waals surface area contributed by atoms with Gasteiger partial charge in [0.1, 0.15) is 11.7 Å². The van der Waals surface area contributed by atoms with Crippen LogP contribution in [0.1, 0.15) is 45.5 Å². The zero-order chi connectivity index (χ0) is 15.1. The van der Waals surface area contributed by atoms with Gasteiger partial charge in [0.15, 0.2) is 12.0 Å². The van der Waals surface area contributed by atoms with Gasteiger partial charge < -0.3 is 19.5 Å². The molecule has 116 valence electrons. The predicted molar refractivity (Wildman–Crippen MR) is 78.0 cm³/mol. The summed E-state index contributed by atoms with van der Waals surface area (Å²) in [5.74, 6) is 0.738. The van der Waals surface area contributed by atoms with Crippen molar-refractivity contribution in [3.8, 4) is 5.75 Å². The minimum absolute atomic E-state index is 0.144. The fraction of sp³-hybridized carbons (Fsp3) is 0.786. The van der Waals surface area contributed by atoms with Crippen molar-refractivity contribution in [1.29, 1.82) is 0 Å². The summed E-state index contributed by atoms with van der Waals surface area (Å²) in [7, 11) is 3.53. The van der Waals surface area contributed by atoms with Crippen LogP contribution in [0, 0.1) is 0 Å². The van der Waals surface area contributed by atoms with E-state index in [1.807, 2.05) is 25.6 Å². The zero-order valence-corrected chi connectivity index (χ0v) is 13.3. The largest absolute Gasteiger partial charge is 0.493 e. The minimum atomic E-state index is -0.377. The molecule has 1 unspecified atom stereocenters. The van der Waals surface area contributed by atoms with Crippen molar-refractivity contribution in [1.82, 2.24) is 15.1 Å². The van der Waals surface area contributed by atoms with Gasteiger partial charge in [-0.15, -0.1) is 0 Å². The lowest BCUT2D eigenvalue weighted by atomic mass is 10.1. The quantitative estimate of drug-likeness (QED) is 0.704. The van der Waals surface area contributed by atoms with E-state index in [1.165, 1.54) is 0 Å². The Morgan fingerprint density at radius 3 is 2.25 bits per heavy atom. The average Bonchev–Trinajstić information content (AvgIpc) is 2.84. The summed E-state index contributed by atoms with van der Waals surface area (Å²) >= 11 is 0. The molecule has 0 saturated carbocycles. The molecule has 0 spiro atoms. The maximum Gasteiger partial charge on any atom is 0.178 e. The lowest BCUT2D eigenvalue weighted by Crippen LogP contribution is -2.36. The van der Waals surface area contributed by atoms with Gasteiger partial charge in [0.2, 0.25) is 0 Å². The third-order valence-electron chi connectivity index (χ3n) is 3.05. The van der Waals surface area contributed by atoms with Gasteiger partial charge in [-0.1, -0.05) is 0 Å². The Morgan fingerprint density at radius 2 is 1.85 bits per heavy atom. The number of hydrogen-bond donors (Lipinski definition) is 1. The summed E-state index contributed by atoms with van der Waals surface area (Å²) in [6.45, 7) is 9.24. The van der Waals surface area contributed by atoms with E-state index in [9.17, 15) is 0 Å². The van der Waals surface area contributed by atoms with Gasteiger partial charge in [0, 0.05) is 19.3 Å². The average molecular weight is 285 g/mol. The van der Waals surface area contributed by atoms with E-state index in [0.717, 1.165) is 11.4 Å². The highest BCUT2D eigenvalue weighted by Gasteiger charge is 2.30. The number of nitrogens with one attached hydrogen (secondary N) is 1. The van der Waals surface area contributed by atoms with Gasteiger partial charge in [0.05, 0.1) is 13.3 Å². The highest BCUT2D eigenvalue weighted by Crippen LogP contribution is 2.30. The molecule has 1 rings (SSSR count). The maximum absolute atomic E-state index is 5.71. The molecule has 0 aromatic carbocycles. The molecule has 0 saturated heterocycles. The first-order valence-corrected chi connectivity index (χ1v) is 7.12. The highest BCUT2D eigenvalue weighted by molar-refractivity contribution is 5.29. The van der Waals surface area contributed by atoms with Gasteiger partial charge in [-0.05, 0) is 34.7 Å². The predicted octanol–water partition coefficient (Wildman–Crippen LogP) is 2.13. The summed E-state index contributed by atoms with van der Waals surface area (Å²) in [5.41, 5.74) is 0.942. The number of nitrogens with zero attached hydrogens (tertiary/aromatic N) is 2. The number of aromatic nitrogens is 2. The smallest absolute Gasteiger partial charge is 0.178 e. The second kappa shape index (κ2) is 8.24. The number of ether oxygens (including phenoxy) is 3. The molecule has 1 aromatic rings. The molecule has 0 aliphatic carbocycles. The van der Waals surface area contributed by atoms with E-state index in [-0.39, 0.29) is 18.4 Å². The summed E-state index contributed by atoms with van der Waals surface area (Å²) in [6.07, 6.45) is 1.35. The lowest BCUT2D eigenvalue weighted by molar-refractivity contribution is -0.155. The van der Waals surface area contributed by atoms with E-state index < -0.39 is 0 Å². The van der Waals surface area contributed by atoms with Crippen LogP contribution in [0.15, 0.2) is 6.20 Å².